The largest absolute Gasteiger partial charge is 0.493 e. The zero-order valence-corrected chi connectivity index (χ0v) is 11.2. The average molecular weight is 252 g/mol. The molecule has 0 radical (unpaired) electrons. The van der Waals surface area contributed by atoms with E-state index in [1.807, 2.05) is 32.0 Å². The van der Waals surface area contributed by atoms with E-state index in [2.05, 4.69) is 15.7 Å². The van der Waals surface area contributed by atoms with E-state index in [-0.39, 0.29) is 6.04 Å². The Morgan fingerprint density at radius 2 is 1.89 bits per heavy atom. The quantitative estimate of drug-likeness (QED) is 0.326. The van der Waals surface area contributed by atoms with Crippen LogP contribution in [-0.4, -0.2) is 26.2 Å². The van der Waals surface area contributed by atoms with Gasteiger partial charge in [0.15, 0.2) is 11.5 Å². The maximum Gasteiger partial charge on any atom is 0.210 e. The summed E-state index contributed by atoms with van der Waals surface area (Å²) in [4.78, 5) is 4.29. The van der Waals surface area contributed by atoms with Crippen LogP contribution in [0.3, 0.4) is 0 Å². The van der Waals surface area contributed by atoms with Gasteiger partial charge in [-0.05, 0) is 26.0 Å². The first kappa shape index (κ1) is 14.1. The minimum atomic E-state index is 0.142. The Bertz CT molecular complexity index is 419. The molecule has 0 aromatic heterocycles. The molecule has 0 aliphatic carbocycles. The van der Waals surface area contributed by atoms with Gasteiger partial charge in [0.2, 0.25) is 5.96 Å². The predicted molar refractivity (Wildman–Crippen MR) is 73.1 cm³/mol. The number of nitrogens with one attached hydrogen (secondary N) is 2. The molecule has 0 atom stereocenters. The van der Waals surface area contributed by atoms with Crippen LogP contribution in [-0.2, 0) is 0 Å². The van der Waals surface area contributed by atoms with Crippen LogP contribution in [0.2, 0.25) is 0 Å². The fourth-order valence-corrected chi connectivity index (χ4v) is 1.41. The number of guanidine groups is 1. The molecule has 0 fully saturated rings. The second-order valence-corrected chi connectivity index (χ2v) is 3.91. The van der Waals surface area contributed by atoms with Gasteiger partial charge >= 0.3 is 0 Å². The van der Waals surface area contributed by atoms with E-state index >= 15 is 0 Å². The van der Waals surface area contributed by atoms with Crippen molar-refractivity contribution in [2.24, 2.45) is 10.8 Å². The van der Waals surface area contributed by atoms with Crippen molar-refractivity contribution in [3.05, 3.63) is 18.2 Å². The Morgan fingerprint density at radius 1 is 1.22 bits per heavy atom. The van der Waals surface area contributed by atoms with Crippen LogP contribution < -0.4 is 26.1 Å². The molecule has 0 saturated carbocycles. The highest BCUT2D eigenvalue weighted by Crippen LogP contribution is 2.29. The minimum absolute atomic E-state index is 0.142. The molecule has 0 aliphatic heterocycles. The Morgan fingerprint density at radius 3 is 2.39 bits per heavy atom. The van der Waals surface area contributed by atoms with Gasteiger partial charge < -0.3 is 14.8 Å². The van der Waals surface area contributed by atoms with Crippen LogP contribution in [0.1, 0.15) is 13.8 Å². The standard InChI is InChI=1S/C12H20N4O2/c1-8(2)14-12(16-13)15-9-5-6-10(17-3)11(7-9)18-4/h5-8H,13H2,1-4H3,(H2,14,15,16). The summed E-state index contributed by atoms with van der Waals surface area (Å²) in [6, 6.07) is 5.62. The molecular weight excluding hydrogens is 232 g/mol. The number of rotatable bonds is 4. The second-order valence-electron chi connectivity index (χ2n) is 3.91. The van der Waals surface area contributed by atoms with Crippen molar-refractivity contribution in [1.29, 1.82) is 0 Å². The fourth-order valence-electron chi connectivity index (χ4n) is 1.41. The third kappa shape index (κ3) is 3.81. The van der Waals surface area contributed by atoms with Crippen LogP contribution in [0, 0.1) is 0 Å². The van der Waals surface area contributed by atoms with Gasteiger partial charge in [0.25, 0.3) is 0 Å². The lowest BCUT2D eigenvalue weighted by Gasteiger charge is -2.13. The molecule has 6 heteroatoms. The number of hydrazine groups is 1. The van der Waals surface area contributed by atoms with E-state index in [9.17, 15) is 0 Å². The summed E-state index contributed by atoms with van der Waals surface area (Å²) in [5.41, 5.74) is 3.32. The molecule has 1 aromatic carbocycles. The molecule has 0 spiro atoms. The van der Waals surface area contributed by atoms with Gasteiger partial charge in [0.05, 0.1) is 14.2 Å². The highest BCUT2D eigenvalue weighted by Gasteiger charge is 2.06. The lowest BCUT2D eigenvalue weighted by Crippen LogP contribution is -2.36. The summed E-state index contributed by atoms with van der Waals surface area (Å²) in [7, 11) is 3.18. The van der Waals surface area contributed by atoms with Crippen molar-refractivity contribution < 1.29 is 9.47 Å². The van der Waals surface area contributed by atoms with Crippen molar-refractivity contribution in [3.8, 4) is 11.5 Å². The number of hydrogen-bond donors (Lipinski definition) is 3. The smallest absolute Gasteiger partial charge is 0.210 e. The SMILES string of the molecule is COc1ccc(NC(=NC(C)C)NN)cc1OC. The van der Waals surface area contributed by atoms with Crippen LogP contribution >= 0.6 is 0 Å². The molecule has 0 heterocycles. The van der Waals surface area contributed by atoms with Crippen molar-refractivity contribution in [1.82, 2.24) is 5.43 Å². The van der Waals surface area contributed by atoms with Crippen LogP contribution in [0.25, 0.3) is 0 Å². The molecule has 6 nitrogen and oxygen atoms in total. The lowest BCUT2D eigenvalue weighted by molar-refractivity contribution is 0.355. The lowest BCUT2D eigenvalue weighted by atomic mass is 10.3. The number of hydrogen-bond acceptors (Lipinski definition) is 4. The summed E-state index contributed by atoms with van der Waals surface area (Å²) in [5, 5.41) is 3.06. The highest BCUT2D eigenvalue weighted by atomic mass is 16.5. The van der Waals surface area contributed by atoms with E-state index in [0.29, 0.717) is 17.5 Å². The van der Waals surface area contributed by atoms with Gasteiger partial charge in [-0.25, -0.2) is 10.8 Å². The number of benzene rings is 1. The summed E-state index contributed by atoms with van der Waals surface area (Å²) in [5.74, 6) is 7.21. The van der Waals surface area contributed by atoms with Gasteiger partial charge in [-0.2, -0.15) is 0 Å². The van der Waals surface area contributed by atoms with E-state index < -0.39 is 0 Å². The summed E-state index contributed by atoms with van der Waals surface area (Å²) < 4.78 is 10.4. The monoisotopic (exact) mass is 252 g/mol. The fraction of sp³-hybridized carbons (Fsp3) is 0.417. The maximum atomic E-state index is 5.40. The number of nitrogens with two attached hydrogens (primary N) is 1. The van der Waals surface area contributed by atoms with Crippen molar-refractivity contribution in [2.75, 3.05) is 19.5 Å². The zero-order valence-electron chi connectivity index (χ0n) is 11.2. The minimum Gasteiger partial charge on any atom is -0.493 e. The third-order valence-corrected chi connectivity index (χ3v) is 2.17. The molecule has 4 N–H and O–H groups in total. The van der Waals surface area contributed by atoms with Gasteiger partial charge in [-0.3, -0.25) is 5.43 Å². The Kier molecular flexibility index (Phi) is 5.26. The maximum absolute atomic E-state index is 5.40. The van der Waals surface area contributed by atoms with E-state index in [1.165, 1.54) is 0 Å². The highest BCUT2D eigenvalue weighted by molar-refractivity contribution is 5.93. The Hall–Kier alpha value is -1.95. The van der Waals surface area contributed by atoms with Gasteiger partial charge in [-0.15, -0.1) is 0 Å². The average Bonchev–Trinajstić information content (AvgIpc) is 2.37. The summed E-state index contributed by atoms with van der Waals surface area (Å²) >= 11 is 0. The number of aliphatic imine (C=N–C) groups is 1. The Balaban J connectivity index is 2.90. The van der Waals surface area contributed by atoms with Crippen molar-refractivity contribution >= 4 is 11.6 Å². The first-order valence-corrected chi connectivity index (χ1v) is 5.64. The molecule has 18 heavy (non-hydrogen) atoms. The molecule has 0 amide bonds. The van der Waals surface area contributed by atoms with Crippen LogP contribution in [0.4, 0.5) is 5.69 Å². The van der Waals surface area contributed by atoms with E-state index in [1.54, 1.807) is 14.2 Å². The van der Waals surface area contributed by atoms with E-state index in [0.717, 1.165) is 5.69 Å². The second kappa shape index (κ2) is 6.70. The number of methoxy groups -OCH3 is 2. The van der Waals surface area contributed by atoms with Gasteiger partial charge in [0.1, 0.15) is 0 Å². The first-order valence-electron chi connectivity index (χ1n) is 5.64. The summed E-state index contributed by atoms with van der Waals surface area (Å²) in [6.45, 7) is 3.93. The molecule has 1 aromatic rings. The molecule has 100 valence electrons. The van der Waals surface area contributed by atoms with Crippen molar-refractivity contribution in [3.63, 3.8) is 0 Å². The molecule has 0 bridgehead atoms. The molecule has 0 aliphatic rings. The molecular formula is C12H20N4O2. The van der Waals surface area contributed by atoms with Crippen LogP contribution in [0.15, 0.2) is 23.2 Å². The number of anilines is 1. The zero-order chi connectivity index (χ0) is 13.5. The normalized spacial score (nSPS) is 11.3. The third-order valence-electron chi connectivity index (χ3n) is 2.17. The molecule has 0 unspecified atom stereocenters. The van der Waals surface area contributed by atoms with Crippen LogP contribution in [0.5, 0.6) is 11.5 Å². The van der Waals surface area contributed by atoms with Gasteiger partial charge in [-0.1, -0.05) is 0 Å². The number of ether oxygens (including phenoxy) is 2. The first-order chi connectivity index (χ1) is 8.60. The molecule has 1 rings (SSSR count). The van der Waals surface area contributed by atoms with Gasteiger partial charge in [0, 0.05) is 17.8 Å². The van der Waals surface area contributed by atoms with E-state index in [4.69, 9.17) is 15.3 Å². The summed E-state index contributed by atoms with van der Waals surface area (Å²) in [6.07, 6.45) is 0. The van der Waals surface area contributed by atoms with Crippen molar-refractivity contribution in [2.45, 2.75) is 19.9 Å². The number of nitrogens with zero attached hydrogens (tertiary/aromatic N) is 1. The molecule has 0 saturated heterocycles. The Labute approximate surface area is 107 Å². The topological polar surface area (TPSA) is 80.9 Å². The predicted octanol–water partition coefficient (Wildman–Crippen LogP) is 1.34.